The quantitative estimate of drug-likeness (QED) is 0.514. The first-order valence-corrected chi connectivity index (χ1v) is 11.6. The predicted molar refractivity (Wildman–Crippen MR) is 123 cm³/mol. The minimum atomic E-state index is -3.74. The molecule has 0 spiro atoms. The highest BCUT2D eigenvalue weighted by Crippen LogP contribution is 2.43. The molecule has 2 aromatic rings. The summed E-state index contributed by atoms with van der Waals surface area (Å²) in [4.78, 5) is 10.7. The standard InChI is InChI=1S/C20H22Cl2N2O4S.ClH/c1-23-19-7-5-14(12-2-6-17(21)18(22)10-12)15-4-3-13(11-16(15)19)24-29(27,28)9-8-20(25)26;/h2-4,6,10-11,14,19,23-24H,5,7-9H2,1H3,(H,25,26);1H/t14-,19-;/m0./s1. The largest absolute Gasteiger partial charge is 0.481 e. The second kappa shape index (κ2) is 10.2. The fraction of sp³-hybridized carbons (Fsp3) is 0.350. The normalized spacial score (nSPS) is 18.2. The third-order valence-corrected chi connectivity index (χ3v) is 7.16. The van der Waals surface area contributed by atoms with Gasteiger partial charge >= 0.3 is 5.97 Å². The van der Waals surface area contributed by atoms with Crippen LogP contribution in [0.3, 0.4) is 0 Å². The number of hydrogen-bond acceptors (Lipinski definition) is 4. The highest BCUT2D eigenvalue weighted by molar-refractivity contribution is 7.92. The van der Waals surface area contributed by atoms with E-state index in [1.54, 1.807) is 12.1 Å². The van der Waals surface area contributed by atoms with E-state index >= 15 is 0 Å². The van der Waals surface area contributed by atoms with E-state index in [-0.39, 0.29) is 24.4 Å². The number of carbonyl (C=O) groups is 1. The minimum absolute atomic E-state index is 0. The SMILES string of the molecule is CN[C@H]1CC[C@@H](c2ccc(Cl)c(Cl)c2)c2ccc(NS(=O)(=O)CCC(=O)O)cc21.Cl. The number of anilines is 1. The van der Waals surface area contributed by atoms with Gasteiger partial charge in [-0.2, -0.15) is 0 Å². The monoisotopic (exact) mass is 492 g/mol. The topological polar surface area (TPSA) is 95.5 Å². The Morgan fingerprint density at radius 2 is 1.83 bits per heavy atom. The Morgan fingerprint density at radius 3 is 2.47 bits per heavy atom. The van der Waals surface area contributed by atoms with Crippen molar-refractivity contribution in [3.8, 4) is 0 Å². The lowest BCUT2D eigenvalue weighted by Gasteiger charge is -2.32. The van der Waals surface area contributed by atoms with Crippen molar-refractivity contribution in [3.63, 3.8) is 0 Å². The number of aliphatic carboxylic acids is 1. The molecule has 2 aromatic carbocycles. The molecule has 0 heterocycles. The molecular formula is C20H23Cl3N2O4S. The number of benzene rings is 2. The van der Waals surface area contributed by atoms with Crippen LogP contribution in [0.25, 0.3) is 0 Å². The maximum absolute atomic E-state index is 12.2. The summed E-state index contributed by atoms with van der Waals surface area (Å²) in [6.45, 7) is 0. The molecule has 0 bridgehead atoms. The maximum Gasteiger partial charge on any atom is 0.304 e. The zero-order valence-corrected chi connectivity index (χ0v) is 19.3. The average Bonchev–Trinajstić information content (AvgIpc) is 2.67. The van der Waals surface area contributed by atoms with Gasteiger partial charge in [0.25, 0.3) is 0 Å². The predicted octanol–water partition coefficient (Wildman–Crippen LogP) is 4.82. The molecular weight excluding hydrogens is 471 g/mol. The molecule has 1 aliphatic carbocycles. The van der Waals surface area contributed by atoms with Crippen LogP contribution in [0.5, 0.6) is 0 Å². The van der Waals surface area contributed by atoms with E-state index in [9.17, 15) is 13.2 Å². The van der Waals surface area contributed by atoms with Gasteiger partial charge in [0.05, 0.1) is 22.2 Å². The summed E-state index contributed by atoms with van der Waals surface area (Å²) in [5.74, 6) is -1.50. The van der Waals surface area contributed by atoms with Crippen LogP contribution in [-0.2, 0) is 14.8 Å². The Kier molecular flexibility index (Phi) is 8.42. The lowest BCUT2D eigenvalue weighted by Crippen LogP contribution is -2.25. The van der Waals surface area contributed by atoms with Crippen LogP contribution in [0.2, 0.25) is 10.0 Å². The summed E-state index contributed by atoms with van der Waals surface area (Å²) in [7, 11) is -1.87. The molecule has 6 nitrogen and oxygen atoms in total. The Labute approximate surface area is 192 Å². The lowest BCUT2D eigenvalue weighted by molar-refractivity contribution is -0.136. The summed E-state index contributed by atoms with van der Waals surface area (Å²) in [5, 5.41) is 13.0. The van der Waals surface area contributed by atoms with Crippen molar-refractivity contribution in [1.82, 2.24) is 5.32 Å². The smallest absolute Gasteiger partial charge is 0.304 e. The van der Waals surface area contributed by atoms with Crippen molar-refractivity contribution in [1.29, 1.82) is 0 Å². The van der Waals surface area contributed by atoms with Gasteiger partial charge in [-0.3, -0.25) is 9.52 Å². The summed E-state index contributed by atoms with van der Waals surface area (Å²) >= 11 is 12.3. The number of hydrogen-bond donors (Lipinski definition) is 3. The molecule has 30 heavy (non-hydrogen) atoms. The molecule has 0 unspecified atom stereocenters. The van der Waals surface area contributed by atoms with Gasteiger partial charge in [0.2, 0.25) is 10.0 Å². The first kappa shape index (κ1) is 24.8. The van der Waals surface area contributed by atoms with Crippen LogP contribution in [0.1, 0.15) is 47.9 Å². The summed E-state index contributed by atoms with van der Waals surface area (Å²) in [6, 6.07) is 11.2. The highest BCUT2D eigenvalue weighted by atomic mass is 35.5. The molecule has 3 N–H and O–H groups in total. The summed E-state index contributed by atoms with van der Waals surface area (Å²) < 4.78 is 26.8. The first-order valence-electron chi connectivity index (χ1n) is 9.18. The Hall–Kier alpha value is -1.51. The van der Waals surface area contributed by atoms with E-state index in [0.29, 0.717) is 15.7 Å². The molecule has 0 amide bonds. The fourth-order valence-corrected chi connectivity index (χ4v) is 5.07. The van der Waals surface area contributed by atoms with Gasteiger partial charge in [-0.05, 0) is 60.8 Å². The Bertz CT molecular complexity index is 1030. The van der Waals surface area contributed by atoms with Crippen LogP contribution in [0, 0.1) is 0 Å². The summed E-state index contributed by atoms with van der Waals surface area (Å²) in [6.07, 6.45) is 1.35. The van der Waals surface area contributed by atoms with Crippen LogP contribution in [-0.4, -0.2) is 32.3 Å². The van der Waals surface area contributed by atoms with Crippen molar-refractivity contribution < 1.29 is 18.3 Å². The number of sulfonamides is 1. The van der Waals surface area contributed by atoms with Crippen molar-refractivity contribution in [3.05, 3.63) is 63.1 Å². The molecule has 2 atom stereocenters. The van der Waals surface area contributed by atoms with Gasteiger partial charge in [-0.15, -0.1) is 12.4 Å². The minimum Gasteiger partial charge on any atom is -0.481 e. The zero-order valence-electron chi connectivity index (χ0n) is 16.2. The van der Waals surface area contributed by atoms with Crippen LogP contribution in [0.15, 0.2) is 36.4 Å². The van der Waals surface area contributed by atoms with Crippen LogP contribution in [0.4, 0.5) is 5.69 Å². The van der Waals surface area contributed by atoms with E-state index in [1.165, 1.54) is 0 Å². The number of carboxylic acid groups (broad SMARTS) is 1. The molecule has 0 saturated heterocycles. The van der Waals surface area contributed by atoms with Gasteiger partial charge in [-0.25, -0.2) is 8.42 Å². The lowest BCUT2D eigenvalue weighted by atomic mass is 9.76. The van der Waals surface area contributed by atoms with Crippen molar-refractivity contribution in [2.75, 3.05) is 17.5 Å². The molecule has 3 rings (SSSR count). The van der Waals surface area contributed by atoms with Crippen molar-refractivity contribution >= 4 is 57.3 Å². The second-order valence-corrected chi connectivity index (χ2v) is 9.71. The van der Waals surface area contributed by atoms with E-state index in [1.807, 2.05) is 31.3 Å². The third kappa shape index (κ3) is 5.80. The number of halogens is 3. The van der Waals surface area contributed by atoms with E-state index in [0.717, 1.165) is 29.5 Å². The van der Waals surface area contributed by atoms with Gasteiger partial charge in [0.1, 0.15) is 0 Å². The third-order valence-electron chi connectivity index (χ3n) is 5.13. The average molecular weight is 494 g/mol. The Morgan fingerprint density at radius 1 is 1.10 bits per heavy atom. The number of carboxylic acids is 1. The molecule has 0 aromatic heterocycles. The number of rotatable bonds is 7. The summed E-state index contributed by atoms with van der Waals surface area (Å²) in [5.41, 5.74) is 3.59. The molecule has 164 valence electrons. The van der Waals surface area contributed by atoms with Gasteiger partial charge in [0.15, 0.2) is 0 Å². The number of fused-ring (bicyclic) bond motifs is 1. The van der Waals surface area contributed by atoms with E-state index in [4.69, 9.17) is 28.3 Å². The number of nitrogens with one attached hydrogen (secondary N) is 2. The molecule has 0 aliphatic heterocycles. The van der Waals surface area contributed by atoms with E-state index < -0.39 is 28.2 Å². The molecule has 0 radical (unpaired) electrons. The highest BCUT2D eigenvalue weighted by Gasteiger charge is 2.28. The van der Waals surface area contributed by atoms with Crippen LogP contribution < -0.4 is 10.0 Å². The molecule has 0 fully saturated rings. The van der Waals surface area contributed by atoms with E-state index in [2.05, 4.69) is 10.0 Å². The Balaban J connectivity index is 0.00000320. The molecule has 1 aliphatic rings. The fourth-order valence-electron chi connectivity index (χ4n) is 3.73. The van der Waals surface area contributed by atoms with Gasteiger partial charge < -0.3 is 10.4 Å². The van der Waals surface area contributed by atoms with Gasteiger partial charge in [-0.1, -0.05) is 35.3 Å². The zero-order chi connectivity index (χ0) is 21.2. The van der Waals surface area contributed by atoms with Crippen LogP contribution >= 0.6 is 35.6 Å². The second-order valence-electron chi connectivity index (χ2n) is 7.05. The molecule has 0 saturated carbocycles. The van der Waals surface area contributed by atoms with Gasteiger partial charge in [0, 0.05) is 17.6 Å². The first-order chi connectivity index (χ1) is 13.7. The molecule has 10 heteroatoms. The maximum atomic E-state index is 12.2. The van der Waals surface area contributed by atoms with Crippen molar-refractivity contribution in [2.45, 2.75) is 31.2 Å². The van der Waals surface area contributed by atoms with Crippen molar-refractivity contribution in [2.24, 2.45) is 0 Å².